The monoisotopic (exact) mass is 344 g/mol. The van der Waals surface area contributed by atoms with E-state index in [-0.39, 0.29) is 18.1 Å². The van der Waals surface area contributed by atoms with E-state index in [0.717, 1.165) is 17.0 Å². The zero-order valence-corrected chi connectivity index (χ0v) is 14.8. The van der Waals surface area contributed by atoms with Crippen LogP contribution < -0.4 is 10.9 Å². The van der Waals surface area contributed by atoms with E-state index >= 15 is 0 Å². The van der Waals surface area contributed by atoms with Crippen molar-refractivity contribution < 1.29 is 9.53 Å². The number of methoxy groups -OCH3 is 1. The molecule has 0 bridgehead atoms. The third-order valence-electron chi connectivity index (χ3n) is 3.84. The van der Waals surface area contributed by atoms with Crippen molar-refractivity contribution in [2.24, 2.45) is 0 Å². The van der Waals surface area contributed by atoms with Gasteiger partial charge in [-0.05, 0) is 37.6 Å². The fourth-order valence-electron chi connectivity index (χ4n) is 2.52. The summed E-state index contributed by atoms with van der Waals surface area (Å²) in [7, 11) is 1.59. The van der Waals surface area contributed by atoms with Crippen molar-refractivity contribution in [2.75, 3.05) is 20.3 Å². The molecule has 2 aromatic rings. The molecule has 0 fully saturated rings. The van der Waals surface area contributed by atoms with Gasteiger partial charge in [-0.25, -0.2) is 4.79 Å². The number of ether oxygens (including phenoxy) is 1. The first-order chi connectivity index (χ1) is 12.0. The van der Waals surface area contributed by atoms with Gasteiger partial charge in [0.25, 0.3) is 5.56 Å². The Morgan fingerprint density at radius 1 is 1.36 bits per heavy atom. The highest BCUT2D eigenvalue weighted by Crippen LogP contribution is 2.05. The zero-order valence-electron chi connectivity index (χ0n) is 14.8. The molecule has 0 spiro atoms. The van der Waals surface area contributed by atoms with Gasteiger partial charge in [-0.15, -0.1) is 0 Å². The Hall–Kier alpha value is -2.67. The standard InChI is InChI=1S/C18H24N4O3/c1-13-10-14(2)21-17(23)16(13)11-20-18(24)22(8-9-25-3)12-15-6-4-5-7-19-15/h4-7,10H,8-9,11-12H2,1-3H3,(H,20,24)(H,21,23). The average molecular weight is 344 g/mol. The summed E-state index contributed by atoms with van der Waals surface area (Å²) in [5.41, 5.74) is 2.83. The molecular formula is C18H24N4O3. The first-order valence-electron chi connectivity index (χ1n) is 8.12. The minimum atomic E-state index is -0.262. The van der Waals surface area contributed by atoms with E-state index in [9.17, 15) is 9.59 Å². The molecule has 2 aromatic heterocycles. The average Bonchev–Trinajstić information content (AvgIpc) is 2.58. The molecule has 0 aliphatic carbocycles. The number of urea groups is 1. The molecule has 0 aromatic carbocycles. The molecule has 134 valence electrons. The van der Waals surface area contributed by atoms with Gasteiger partial charge < -0.3 is 19.9 Å². The van der Waals surface area contributed by atoms with Crippen LogP contribution in [0.15, 0.2) is 35.3 Å². The van der Waals surface area contributed by atoms with Gasteiger partial charge in [0.05, 0.1) is 25.4 Å². The molecule has 0 saturated carbocycles. The number of carbonyl (C=O) groups is 1. The van der Waals surface area contributed by atoms with Crippen molar-refractivity contribution in [3.63, 3.8) is 0 Å². The van der Waals surface area contributed by atoms with Crippen molar-refractivity contribution in [3.05, 3.63) is 63.3 Å². The maximum Gasteiger partial charge on any atom is 0.318 e. The quantitative estimate of drug-likeness (QED) is 0.801. The summed E-state index contributed by atoms with van der Waals surface area (Å²) in [5.74, 6) is 0. The number of nitrogens with zero attached hydrogens (tertiary/aromatic N) is 2. The van der Waals surface area contributed by atoms with Gasteiger partial charge in [0.2, 0.25) is 0 Å². The van der Waals surface area contributed by atoms with Crippen LogP contribution in [-0.4, -0.2) is 41.2 Å². The molecule has 7 heteroatoms. The van der Waals surface area contributed by atoms with Gasteiger partial charge >= 0.3 is 6.03 Å². The van der Waals surface area contributed by atoms with Gasteiger partial charge in [0.1, 0.15) is 0 Å². The molecule has 0 saturated heterocycles. The summed E-state index contributed by atoms with van der Waals surface area (Å²) in [6.45, 7) is 5.09. The number of nitrogens with one attached hydrogen (secondary N) is 2. The lowest BCUT2D eigenvalue weighted by Crippen LogP contribution is -2.41. The van der Waals surface area contributed by atoms with Crippen LogP contribution >= 0.6 is 0 Å². The summed E-state index contributed by atoms with van der Waals surface area (Å²) >= 11 is 0. The first kappa shape index (κ1) is 18.7. The van der Waals surface area contributed by atoms with Crippen LogP contribution in [0.4, 0.5) is 4.79 Å². The maximum absolute atomic E-state index is 12.5. The van der Waals surface area contributed by atoms with Crippen LogP contribution in [0.5, 0.6) is 0 Å². The highest BCUT2D eigenvalue weighted by Gasteiger charge is 2.15. The van der Waals surface area contributed by atoms with E-state index in [1.165, 1.54) is 0 Å². The molecule has 2 heterocycles. The Kier molecular flexibility index (Phi) is 6.71. The fraction of sp³-hybridized carbons (Fsp3) is 0.389. The number of hydrogen-bond donors (Lipinski definition) is 2. The van der Waals surface area contributed by atoms with Gasteiger partial charge in [-0.1, -0.05) is 6.07 Å². The van der Waals surface area contributed by atoms with Crippen molar-refractivity contribution in [1.82, 2.24) is 20.2 Å². The van der Waals surface area contributed by atoms with Crippen molar-refractivity contribution >= 4 is 6.03 Å². The Balaban J connectivity index is 2.05. The van der Waals surface area contributed by atoms with Crippen molar-refractivity contribution in [3.8, 4) is 0 Å². The molecule has 0 atom stereocenters. The number of carbonyl (C=O) groups excluding carboxylic acids is 1. The fourth-order valence-corrected chi connectivity index (χ4v) is 2.52. The topological polar surface area (TPSA) is 87.3 Å². The van der Waals surface area contributed by atoms with Gasteiger partial charge in [-0.3, -0.25) is 9.78 Å². The zero-order chi connectivity index (χ0) is 18.2. The molecule has 25 heavy (non-hydrogen) atoms. The van der Waals surface area contributed by atoms with E-state index in [2.05, 4.69) is 15.3 Å². The van der Waals surface area contributed by atoms with Gasteiger partial charge in [0.15, 0.2) is 0 Å². The van der Waals surface area contributed by atoms with E-state index in [0.29, 0.717) is 25.3 Å². The summed E-state index contributed by atoms with van der Waals surface area (Å²) in [5, 5.41) is 2.81. The smallest absolute Gasteiger partial charge is 0.318 e. The molecule has 2 amide bonds. The van der Waals surface area contributed by atoms with E-state index in [1.807, 2.05) is 38.1 Å². The lowest BCUT2D eigenvalue weighted by molar-refractivity contribution is 0.145. The number of pyridine rings is 2. The molecule has 0 aliphatic heterocycles. The Morgan fingerprint density at radius 3 is 2.80 bits per heavy atom. The third-order valence-corrected chi connectivity index (χ3v) is 3.84. The van der Waals surface area contributed by atoms with Crippen LogP contribution in [-0.2, 0) is 17.8 Å². The van der Waals surface area contributed by atoms with Crippen molar-refractivity contribution in [2.45, 2.75) is 26.9 Å². The third kappa shape index (κ3) is 5.42. The van der Waals surface area contributed by atoms with Crippen LogP contribution in [0.25, 0.3) is 0 Å². The number of H-pyrrole nitrogens is 1. The van der Waals surface area contributed by atoms with E-state index in [4.69, 9.17) is 4.74 Å². The minimum absolute atomic E-state index is 0.173. The predicted molar refractivity (Wildman–Crippen MR) is 95.3 cm³/mol. The van der Waals surface area contributed by atoms with Gasteiger partial charge in [0, 0.05) is 31.1 Å². The second-order valence-electron chi connectivity index (χ2n) is 5.84. The number of hydrogen-bond acceptors (Lipinski definition) is 4. The number of amides is 2. The molecular weight excluding hydrogens is 320 g/mol. The van der Waals surface area contributed by atoms with Crippen molar-refractivity contribution in [1.29, 1.82) is 0 Å². The summed E-state index contributed by atoms with van der Waals surface area (Å²) < 4.78 is 5.08. The summed E-state index contributed by atoms with van der Waals surface area (Å²) in [6, 6.07) is 7.20. The Bertz CT molecular complexity index is 759. The van der Waals surface area contributed by atoms with Crippen LogP contribution in [0.3, 0.4) is 0 Å². The number of aromatic amines is 1. The predicted octanol–water partition coefficient (Wildman–Crippen LogP) is 1.74. The molecule has 0 radical (unpaired) electrons. The Labute approximate surface area is 147 Å². The van der Waals surface area contributed by atoms with Crippen LogP contribution in [0.2, 0.25) is 0 Å². The first-order valence-corrected chi connectivity index (χ1v) is 8.12. The summed E-state index contributed by atoms with van der Waals surface area (Å²) in [4.78, 5) is 33.2. The largest absolute Gasteiger partial charge is 0.383 e. The summed E-state index contributed by atoms with van der Waals surface area (Å²) in [6.07, 6.45) is 1.69. The van der Waals surface area contributed by atoms with Crippen LogP contribution in [0.1, 0.15) is 22.5 Å². The minimum Gasteiger partial charge on any atom is -0.383 e. The van der Waals surface area contributed by atoms with E-state index < -0.39 is 0 Å². The Morgan fingerprint density at radius 2 is 2.16 bits per heavy atom. The second kappa shape index (κ2) is 8.98. The SMILES string of the molecule is COCCN(Cc1ccccn1)C(=O)NCc1c(C)cc(C)[nH]c1=O. The highest BCUT2D eigenvalue weighted by atomic mass is 16.5. The molecule has 2 N–H and O–H groups in total. The van der Waals surface area contributed by atoms with E-state index in [1.54, 1.807) is 18.2 Å². The van der Waals surface area contributed by atoms with Gasteiger partial charge in [-0.2, -0.15) is 0 Å². The second-order valence-corrected chi connectivity index (χ2v) is 5.84. The van der Waals surface area contributed by atoms with Crippen LogP contribution in [0, 0.1) is 13.8 Å². The maximum atomic E-state index is 12.5. The molecule has 0 unspecified atom stereocenters. The number of aromatic nitrogens is 2. The highest BCUT2D eigenvalue weighted by molar-refractivity contribution is 5.74. The number of aryl methyl sites for hydroxylation is 2. The lowest BCUT2D eigenvalue weighted by Gasteiger charge is -2.22. The molecule has 7 nitrogen and oxygen atoms in total. The molecule has 2 rings (SSSR count). The number of rotatable bonds is 7. The molecule has 0 aliphatic rings. The normalized spacial score (nSPS) is 10.5. The lowest BCUT2D eigenvalue weighted by atomic mass is 10.1.